The van der Waals surface area contributed by atoms with Crippen LogP contribution in [0.2, 0.25) is 5.02 Å². The number of methoxy groups -OCH3 is 1. The maximum Gasteiger partial charge on any atom is 0.164 e. The molecule has 1 aromatic carbocycles. The Kier molecular flexibility index (Phi) is 8.50. The summed E-state index contributed by atoms with van der Waals surface area (Å²) in [6.07, 6.45) is 2.60. The van der Waals surface area contributed by atoms with Gasteiger partial charge in [0, 0.05) is 29.3 Å². The maximum absolute atomic E-state index is 6.13. The van der Waals surface area contributed by atoms with Crippen LogP contribution >= 0.6 is 11.6 Å². The predicted molar refractivity (Wildman–Crippen MR) is 86.6 cm³/mol. The second kappa shape index (κ2) is 9.87. The molecule has 1 atom stereocenters. The highest BCUT2D eigenvalue weighted by Crippen LogP contribution is 2.35. The number of nitrogens with two attached hydrogens (primary N) is 1. The molecule has 0 fully saturated rings. The van der Waals surface area contributed by atoms with Crippen LogP contribution in [0.4, 0.5) is 0 Å². The van der Waals surface area contributed by atoms with Crippen LogP contribution < -0.4 is 15.2 Å². The van der Waals surface area contributed by atoms with Gasteiger partial charge in [0.15, 0.2) is 11.5 Å². The van der Waals surface area contributed by atoms with Gasteiger partial charge in [-0.3, -0.25) is 0 Å². The van der Waals surface area contributed by atoms with Crippen LogP contribution in [0.25, 0.3) is 0 Å². The molecule has 0 heterocycles. The van der Waals surface area contributed by atoms with Crippen molar-refractivity contribution in [2.24, 2.45) is 5.73 Å². The van der Waals surface area contributed by atoms with Crippen molar-refractivity contribution in [1.82, 2.24) is 0 Å². The fourth-order valence-corrected chi connectivity index (χ4v) is 2.20. The Hall–Kier alpha value is -0.970. The Labute approximate surface area is 132 Å². The standard InChI is InChI=1S/C16H26ClNO3/c1-4-6-20-7-8-21-16-12(10-14(18)5-2)9-13(17)11-15(16)19-3/h9,11,14H,4-8,10,18H2,1-3H3. The Morgan fingerprint density at radius 1 is 1.19 bits per heavy atom. The summed E-state index contributed by atoms with van der Waals surface area (Å²) < 4.78 is 16.6. The van der Waals surface area contributed by atoms with Crippen molar-refractivity contribution < 1.29 is 14.2 Å². The van der Waals surface area contributed by atoms with Crippen molar-refractivity contribution in [1.29, 1.82) is 0 Å². The molecule has 0 spiro atoms. The average molecular weight is 316 g/mol. The third-order valence-corrected chi connectivity index (χ3v) is 3.36. The van der Waals surface area contributed by atoms with Crippen molar-refractivity contribution in [3.63, 3.8) is 0 Å². The lowest BCUT2D eigenvalue weighted by molar-refractivity contribution is 0.0991. The number of hydrogen-bond acceptors (Lipinski definition) is 4. The van der Waals surface area contributed by atoms with E-state index in [0.29, 0.717) is 36.2 Å². The van der Waals surface area contributed by atoms with Crippen molar-refractivity contribution in [2.75, 3.05) is 26.9 Å². The van der Waals surface area contributed by atoms with E-state index in [-0.39, 0.29) is 6.04 Å². The van der Waals surface area contributed by atoms with E-state index in [1.165, 1.54) is 0 Å². The summed E-state index contributed by atoms with van der Waals surface area (Å²) in [5.41, 5.74) is 7.02. The van der Waals surface area contributed by atoms with Gasteiger partial charge in [-0.2, -0.15) is 0 Å². The third kappa shape index (κ3) is 6.12. The molecule has 0 aliphatic carbocycles. The number of ether oxygens (including phenoxy) is 3. The van der Waals surface area contributed by atoms with Crippen LogP contribution in [0.5, 0.6) is 11.5 Å². The Bertz CT molecular complexity index is 426. The molecule has 0 saturated heterocycles. The molecule has 5 heteroatoms. The van der Waals surface area contributed by atoms with Gasteiger partial charge in [0.05, 0.1) is 13.7 Å². The zero-order valence-electron chi connectivity index (χ0n) is 13.2. The first-order valence-corrected chi connectivity index (χ1v) is 7.82. The van der Waals surface area contributed by atoms with Gasteiger partial charge < -0.3 is 19.9 Å². The van der Waals surface area contributed by atoms with E-state index in [2.05, 4.69) is 13.8 Å². The van der Waals surface area contributed by atoms with Gasteiger partial charge in [0.2, 0.25) is 0 Å². The second-order valence-corrected chi connectivity index (χ2v) is 5.37. The van der Waals surface area contributed by atoms with E-state index >= 15 is 0 Å². The largest absolute Gasteiger partial charge is 0.493 e. The molecule has 120 valence electrons. The Morgan fingerprint density at radius 2 is 1.95 bits per heavy atom. The molecule has 0 saturated carbocycles. The summed E-state index contributed by atoms with van der Waals surface area (Å²) in [5.74, 6) is 1.35. The van der Waals surface area contributed by atoms with Gasteiger partial charge in [-0.25, -0.2) is 0 Å². The van der Waals surface area contributed by atoms with Crippen molar-refractivity contribution >= 4 is 11.6 Å². The van der Waals surface area contributed by atoms with E-state index in [1.54, 1.807) is 13.2 Å². The van der Waals surface area contributed by atoms with Crippen LogP contribution in [0, 0.1) is 0 Å². The molecule has 0 aromatic heterocycles. The number of rotatable bonds is 10. The first kappa shape index (κ1) is 18.1. The van der Waals surface area contributed by atoms with Gasteiger partial charge >= 0.3 is 0 Å². The predicted octanol–water partition coefficient (Wildman–Crippen LogP) is 3.43. The fraction of sp³-hybridized carbons (Fsp3) is 0.625. The third-order valence-electron chi connectivity index (χ3n) is 3.15. The maximum atomic E-state index is 6.13. The number of hydrogen-bond donors (Lipinski definition) is 1. The zero-order chi connectivity index (χ0) is 15.7. The summed E-state index contributed by atoms with van der Waals surface area (Å²) in [4.78, 5) is 0. The van der Waals surface area contributed by atoms with Crippen molar-refractivity contribution in [3.8, 4) is 11.5 Å². The van der Waals surface area contributed by atoms with Crippen LogP contribution in [0.1, 0.15) is 32.3 Å². The first-order valence-electron chi connectivity index (χ1n) is 7.44. The molecule has 1 aromatic rings. The summed E-state index contributed by atoms with van der Waals surface area (Å²) in [6, 6.07) is 3.72. The van der Waals surface area contributed by atoms with Gasteiger partial charge in [-0.05, 0) is 25.3 Å². The smallest absolute Gasteiger partial charge is 0.164 e. The molecule has 1 unspecified atom stereocenters. The topological polar surface area (TPSA) is 53.7 Å². The Morgan fingerprint density at radius 3 is 2.57 bits per heavy atom. The number of benzene rings is 1. The lowest BCUT2D eigenvalue weighted by Crippen LogP contribution is -2.22. The van der Waals surface area contributed by atoms with E-state index in [9.17, 15) is 0 Å². The molecule has 1 rings (SSSR count). The molecule has 2 N–H and O–H groups in total. The van der Waals surface area contributed by atoms with Gasteiger partial charge in [-0.15, -0.1) is 0 Å². The summed E-state index contributed by atoms with van der Waals surface area (Å²) >= 11 is 6.13. The monoisotopic (exact) mass is 315 g/mol. The molecule has 4 nitrogen and oxygen atoms in total. The average Bonchev–Trinajstić information content (AvgIpc) is 2.48. The lowest BCUT2D eigenvalue weighted by Gasteiger charge is -2.18. The summed E-state index contributed by atoms with van der Waals surface area (Å²) in [5, 5.41) is 0.625. The zero-order valence-corrected chi connectivity index (χ0v) is 13.9. The molecule has 0 bridgehead atoms. The minimum atomic E-state index is 0.0758. The second-order valence-electron chi connectivity index (χ2n) is 4.93. The van der Waals surface area contributed by atoms with Crippen LogP contribution in [-0.4, -0.2) is 33.0 Å². The molecular weight excluding hydrogens is 290 g/mol. The SMILES string of the molecule is CCCOCCOc1c(CC(N)CC)cc(Cl)cc1OC. The van der Waals surface area contributed by atoms with Crippen molar-refractivity contribution in [3.05, 3.63) is 22.7 Å². The molecule has 21 heavy (non-hydrogen) atoms. The summed E-state index contributed by atoms with van der Waals surface area (Å²) in [6.45, 7) is 5.92. The molecule has 0 radical (unpaired) electrons. The van der Waals surface area contributed by atoms with E-state index in [4.69, 9.17) is 31.5 Å². The normalized spacial score (nSPS) is 12.2. The molecule has 0 aliphatic rings. The van der Waals surface area contributed by atoms with Crippen molar-refractivity contribution in [2.45, 2.75) is 39.2 Å². The highest BCUT2D eigenvalue weighted by molar-refractivity contribution is 6.30. The lowest BCUT2D eigenvalue weighted by atomic mass is 10.0. The van der Waals surface area contributed by atoms with E-state index in [1.807, 2.05) is 6.07 Å². The quantitative estimate of drug-likeness (QED) is 0.672. The molecule has 0 aliphatic heterocycles. The van der Waals surface area contributed by atoms with Crippen LogP contribution in [-0.2, 0) is 11.2 Å². The fourth-order valence-electron chi connectivity index (χ4n) is 1.97. The first-order chi connectivity index (χ1) is 10.1. The van der Waals surface area contributed by atoms with Gasteiger partial charge in [-0.1, -0.05) is 25.4 Å². The van der Waals surface area contributed by atoms with Gasteiger partial charge in [0.25, 0.3) is 0 Å². The van der Waals surface area contributed by atoms with E-state index in [0.717, 1.165) is 25.0 Å². The van der Waals surface area contributed by atoms with E-state index < -0.39 is 0 Å². The minimum Gasteiger partial charge on any atom is -0.493 e. The van der Waals surface area contributed by atoms with Crippen LogP contribution in [0.3, 0.4) is 0 Å². The molecular formula is C16H26ClNO3. The molecule has 0 amide bonds. The minimum absolute atomic E-state index is 0.0758. The summed E-state index contributed by atoms with van der Waals surface area (Å²) in [7, 11) is 1.61. The van der Waals surface area contributed by atoms with Crippen LogP contribution in [0.15, 0.2) is 12.1 Å². The highest BCUT2D eigenvalue weighted by atomic mass is 35.5. The number of halogens is 1. The van der Waals surface area contributed by atoms with Gasteiger partial charge in [0.1, 0.15) is 6.61 Å². The Balaban J connectivity index is 2.81. The highest BCUT2D eigenvalue weighted by Gasteiger charge is 2.15.